The highest BCUT2D eigenvalue weighted by Crippen LogP contribution is 2.35. The van der Waals surface area contributed by atoms with Gasteiger partial charge in [0.15, 0.2) is 0 Å². The lowest BCUT2D eigenvalue weighted by Gasteiger charge is -2.40. The monoisotopic (exact) mass is 329 g/mol. The molecule has 3 rings (SSSR count). The highest BCUT2D eigenvalue weighted by Gasteiger charge is 2.30. The zero-order valence-electron chi connectivity index (χ0n) is 15.1. The summed E-state index contributed by atoms with van der Waals surface area (Å²) in [6.07, 6.45) is 3.17. The number of piperazine rings is 1. The molecule has 24 heavy (non-hydrogen) atoms. The van der Waals surface area contributed by atoms with Crippen molar-refractivity contribution in [2.45, 2.75) is 39.2 Å². The van der Waals surface area contributed by atoms with Crippen molar-refractivity contribution in [3.8, 4) is 0 Å². The van der Waals surface area contributed by atoms with Gasteiger partial charge in [0, 0.05) is 45.2 Å². The summed E-state index contributed by atoms with van der Waals surface area (Å²) >= 11 is 0. The van der Waals surface area contributed by atoms with Crippen LogP contribution in [0.2, 0.25) is 0 Å². The summed E-state index contributed by atoms with van der Waals surface area (Å²) in [5, 5.41) is 3.31. The zero-order chi connectivity index (χ0) is 16.9. The molecule has 4 heteroatoms. The van der Waals surface area contributed by atoms with Gasteiger partial charge in [0.1, 0.15) is 0 Å². The first-order valence-corrected chi connectivity index (χ1v) is 9.44. The molecule has 4 nitrogen and oxygen atoms in total. The van der Waals surface area contributed by atoms with E-state index in [4.69, 9.17) is 0 Å². The van der Waals surface area contributed by atoms with Crippen LogP contribution in [-0.2, 0) is 4.79 Å². The fraction of sp³-hybridized carbons (Fsp3) is 0.650. The van der Waals surface area contributed by atoms with Crippen molar-refractivity contribution in [1.29, 1.82) is 0 Å². The van der Waals surface area contributed by atoms with Crippen molar-refractivity contribution >= 4 is 5.91 Å². The molecule has 1 aromatic rings. The van der Waals surface area contributed by atoms with Gasteiger partial charge < -0.3 is 10.2 Å². The van der Waals surface area contributed by atoms with E-state index in [1.165, 1.54) is 24.0 Å². The number of nitrogens with zero attached hydrogens (tertiary/aromatic N) is 2. The van der Waals surface area contributed by atoms with Gasteiger partial charge in [0.05, 0.1) is 0 Å². The molecule has 132 valence electrons. The molecule has 1 aromatic carbocycles. The summed E-state index contributed by atoms with van der Waals surface area (Å²) in [5.74, 6) is 0.966. The van der Waals surface area contributed by atoms with Crippen molar-refractivity contribution in [1.82, 2.24) is 15.1 Å². The van der Waals surface area contributed by atoms with E-state index in [1.807, 2.05) is 4.90 Å². The highest BCUT2D eigenvalue weighted by molar-refractivity contribution is 5.76. The molecule has 0 radical (unpaired) electrons. The van der Waals surface area contributed by atoms with Gasteiger partial charge >= 0.3 is 0 Å². The summed E-state index contributed by atoms with van der Waals surface area (Å²) in [4.78, 5) is 17.0. The number of carbonyl (C=O) groups is 1. The van der Waals surface area contributed by atoms with Crippen LogP contribution in [0.5, 0.6) is 0 Å². The lowest BCUT2D eigenvalue weighted by molar-refractivity contribution is -0.132. The maximum Gasteiger partial charge on any atom is 0.223 e. The predicted octanol–water partition coefficient (Wildman–Crippen LogP) is 2.59. The van der Waals surface area contributed by atoms with Gasteiger partial charge in [-0.25, -0.2) is 0 Å². The molecule has 0 spiro atoms. The van der Waals surface area contributed by atoms with Gasteiger partial charge in [-0.1, -0.05) is 36.8 Å². The van der Waals surface area contributed by atoms with Crippen LogP contribution >= 0.6 is 0 Å². The first-order valence-electron chi connectivity index (χ1n) is 9.44. The van der Waals surface area contributed by atoms with Crippen LogP contribution in [0.3, 0.4) is 0 Å². The topological polar surface area (TPSA) is 35.6 Å². The Balaban J connectivity index is 1.63. The normalized spacial score (nSPS) is 25.7. The Hall–Kier alpha value is -1.39. The van der Waals surface area contributed by atoms with E-state index in [2.05, 4.69) is 48.3 Å². The maximum atomic E-state index is 12.5. The Kier molecular flexibility index (Phi) is 5.90. The molecule has 0 saturated carbocycles. The molecule has 0 aromatic heterocycles. The van der Waals surface area contributed by atoms with Crippen LogP contribution in [0.25, 0.3) is 0 Å². The number of carbonyl (C=O) groups excluding carboxylic acids is 1. The van der Waals surface area contributed by atoms with E-state index in [-0.39, 0.29) is 0 Å². The summed E-state index contributed by atoms with van der Waals surface area (Å²) in [6.45, 7) is 10.1. The predicted molar refractivity (Wildman–Crippen MR) is 98.0 cm³/mol. The smallest absolute Gasteiger partial charge is 0.223 e. The number of hydrogen-bond acceptors (Lipinski definition) is 3. The number of nitrogens with one attached hydrogen (secondary N) is 1. The molecule has 0 aliphatic carbocycles. The lowest BCUT2D eigenvalue weighted by Crippen LogP contribution is -2.47. The van der Waals surface area contributed by atoms with Crippen molar-refractivity contribution in [3.63, 3.8) is 0 Å². The van der Waals surface area contributed by atoms with Gasteiger partial charge in [-0.2, -0.15) is 0 Å². The minimum absolute atomic E-state index is 0.317. The number of amides is 1. The minimum Gasteiger partial charge on any atom is -0.340 e. The molecule has 2 unspecified atom stereocenters. The fourth-order valence-corrected chi connectivity index (χ4v) is 4.14. The number of rotatable bonds is 4. The van der Waals surface area contributed by atoms with Gasteiger partial charge in [0.25, 0.3) is 0 Å². The number of benzene rings is 1. The Morgan fingerprint density at radius 2 is 1.88 bits per heavy atom. The van der Waals surface area contributed by atoms with Gasteiger partial charge in [0.2, 0.25) is 5.91 Å². The molecule has 1 amide bonds. The highest BCUT2D eigenvalue weighted by atomic mass is 16.2. The van der Waals surface area contributed by atoms with Crippen molar-refractivity contribution in [2.24, 2.45) is 5.92 Å². The van der Waals surface area contributed by atoms with Crippen LogP contribution in [0, 0.1) is 12.8 Å². The molecule has 0 bridgehead atoms. The van der Waals surface area contributed by atoms with E-state index in [1.54, 1.807) is 0 Å². The van der Waals surface area contributed by atoms with Crippen LogP contribution in [-0.4, -0.2) is 55.0 Å². The summed E-state index contributed by atoms with van der Waals surface area (Å²) < 4.78 is 0. The van der Waals surface area contributed by atoms with E-state index in [0.717, 1.165) is 39.3 Å². The Morgan fingerprint density at radius 1 is 1.17 bits per heavy atom. The molecule has 2 atom stereocenters. The van der Waals surface area contributed by atoms with Crippen molar-refractivity contribution < 1.29 is 4.79 Å². The summed E-state index contributed by atoms with van der Waals surface area (Å²) in [5.41, 5.74) is 2.71. The fourth-order valence-electron chi connectivity index (χ4n) is 4.14. The number of hydrogen-bond donors (Lipinski definition) is 1. The number of aryl methyl sites for hydroxylation is 1. The Bertz CT molecular complexity index is 536. The third-order valence-corrected chi connectivity index (χ3v) is 5.54. The average molecular weight is 329 g/mol. The largest absolute Gasteiger partial charge is 0.340 e. The van der Waals surface area contributed by atoms with Gasteiger partial charge in [-0.15, -0.1) is 0 Å². The summed E-state index contributed by atoms with van der Waals surface area (Å²) in [6, 6.07) is 9.41. The molecular weight excluding hydrogens is 298 g/mol. The number of likely N-dealkylation sites (tertiary alicyclic amines) is 1. The van der Waals surface area contributed by atoms with E-state index < -0.39 is 0 Å². The first-order chi connectivity index (χ1) is 11.6. The van der Waals surface area contributed by atoms with Crippen molar-refractivity contribution in [2.75, 3.05) is 39.3 Å². The first kappa shape index (κ1) is 17.4. The second-order valence-electron chi connectivity index (χ2n) is 7.39. The molecule has 2 aliphatic heterocycles. The summed E-state index contributed by atoms with van der Waals surface area (Å²) in [7, 11) is 0. The SMILES string of the molecule is Cc1ccc(C2C(C)CCCN2CCC(=O)N2CCNCC2)cc1. The molecule has 2 heterocycles. The third-order valence-electron chi connectivity index (χ3n) is 5.54. The van der Waals surface area contributed by atoms with E-state index >= 15 is 0 Å². The van der Waals surface area contributed by atoms with Gasteiger partial charge in [-0.05, 0) is 37.8 Å². The van der Waals surface area contributed by atoms with Crippen LogP contribution in [0.1, 0.15) is 43.4 Å². The molecule has 2 saturated heterocycles. The Labute approximate surface area is 146 Å². The molecule has 2 aliphatic rings. The lowest BCUT2D eigenvalue weighted by atomic mass is 9.85. The second kappa shape index (κ2) is 8.13. The average Bonchev–Trinajstić information content (AvgIpc) is 2.61. The second-order valence-corrected chi connectivity index (χ2v) is 7.39. The molecule has 1 N–H and O–H groups in total. The van der Waals surface area contributed by atoms with Crippen LogP contribution in [0.15, 0.2) is 24.3 Å². The van der Waals surface area contributed by atoms with Gasteiger partial charge in [-0.3, -0.25) is 9.69 Å². The Morgan fingerprint density at radius 3 is 2.58 bits per heavy atom. The standard InChI is InChI=1S/C20H31N3O/c1-16-5-7-18(8-6-16)20-17(2)4-3-12-23(20)13-9-19(24)22-14-10-21-11-15-22/h5-8,17,20-21H,3-4,9-15H2,1-2H3. The van der Waals surface area contributed by atoms with Crippen molar-refractivity contribution in [3.05, 3.63) is 35.4 Å². The quantitative estimate of drug-likeness (QED) is 0.922. The molecular formula is C20H31N3O. The van der Waals surface area contributed by atoms with Crippen LogP contribution < -0.4 is 5.32 Å². The third kappa shape index (κ3) is 4.17. The van der Waals surface area contributed by atoms with Crippen LogP contribution in [0.4, 0.5) is 0 Å². The number of piperidine rings is 1. The minimum atomic E-state index is 0.317. The zero-order valence-corrected chi connectivity index (χ0v) is 15.1. The van der Waals surface area contributed by atoms with E-state index in [9.17, 15) is 4.79 Å². The molecule has 2 fully saturated rings. The maximum absolute atomic E-state index is 12.5. The van der Waals surface area contributed by atoms with E-state index in [0.29, 0.717) is 24.3 Å².